The summed E-state index contributed by atoms with van der Waals surface area (Å²) in [6, 6.07) is 0.749. The predicted octanol–water partition coefficient (Wildman–Crippen LogP) is 0.753. The van der Waals surface area contributed by atoms with Crippen LogP contribution in [0.1, 0.15) is 26.7 Å². The van der Waals surface area contributed by atoms with Crippen LogP contribution in [0.4, 0.5) is 0 Å². The second-order valence-electron chi connectivity index (χ2n) is 5.19. The quantitative estimate of drug-likeness (QED) is 0.699. The SMILES string of the molecule is CC1(C)CC1NCCC1CNCCO1. The van der Waals surface area contributed by atoms with Crippen molar-refractivity contribution in [1.29, 1.82) is 0 Å². The van der Waals surface area contributed by atoms with Crippen molar-refractivity contribution in [3.05, 3.63) is 0 Å². The molecule has 1 aliphatic carbocycles. The van der Waals surface area contributed by atoms with Crippen molar-refractivity contribution in [2.75, 3.05) is 26.2 Å². The molecule has 1 saturated carbocycles. The molecule has 0 amide bonds. The van der Waals surface area contributed by atoms with Crippen LogP contribution < -0.4 is 10.6 Å². The molecule has 82 valence electrons. The number of hydrogen-bond acceptors (Lipinski definition) is 3. The molecule has 1 saturated heterocycles. The lowest BCUT2D eigenvalue weighted by Crippen LogP contribution is -2.40. The van der Waals surface area contributed by atoms with E-state index in [1.54, 1.807) is 0 Å². The Morgan fingerprint density at radius 3 is 2.86 bits per heavy atom. The van der Waals surface area contributed by atoms with Gasteiger partial charge in [0.15, 0.2) is 0 Å². The summed E-state index contributed by atoms with van der Waals surface area (Å²) in [6.07, 6.45) is 2.90. The molecule has 2 atom stereocenters. The molecule has 2 fully saturated rings. The van der Waals surface area contributed by atoms with Gasteiger partial charge in [0.25, 0.3) is 0 Å². The summed E-state index contributed by atoms with van der Waals surface area (Å²) in [6.45, 7) is 8.65. The van der Waals surface area contributed by atoms with E-state index >= 15 is 0 Å². The van der Waals surface area contributed by atoms with Crippen molar-refractivity contribution in [3.8, 4) is 0 Å². The minimum absolute atomic E-state index is 0.429. The summed E-state index contributed by atoms with van der Waals surface area (Å²) >= 11 is 0. The molecule has 1 heterocycles. The zero-order chi connectivity index (χ0) is 10.0. The Hall–Kier alpha value is -0.120. The van der Waals surface area contributed by atoms with E-state index in [9.17, 15) is 0 Å². The Morgan fingerprint density at radius 1 is 1.50 bits per heavy atom. The first-order valence-corrected chi connectivity index (χ1v) is 5.74. The van der Waals surface area contributed by atoms with E-state index in [4.69, 9.17) is 4.74 Å². The smallest absolute Gasteiger partial charge is 0.0712 e. The highest BCUT2D eigenvalue weighted by Gasteiger charge is 2.44. The molecule has 2 rings (SSSR count). The molecule has 1 aliphatic heterocycles. The zero-order valence-corrected chi connectivity index (χ0v) is 9.31. The van der Waals surface area contributed by atoms with Gasteiger partial charge < -0.3 is 15.4 Å². The van der Waals surface area contributed by atoms with Crippen LogP contribution >= 0.6 is 0 Å². The van der Waals surface area contributed by atoms with Crippen molar-refractivity contribution < 1.29 is 4.74 Å². The second kappa shape index (κ2) is 4.17. The minimum Gasteiger partial charge on any atom is -0.376 e. The molecule has 0 spiro atoms. The van der Waals surface area contributed by atoms with E-state index in [1.165, 1.54) is 6.42 Å². The summed E-state index contributed by atoms with van der Waals surface area (Å²) in [4.78, 5) is 0. The van der Waals surface area contributed by atoms with Crippen LogP contribution in [0.5, 0.6) is 0 Å². The molecule has 2 aliphatic rings. The number of hydrogen-bond donors (Lipinski definition) is 2. The monoisotopic (exact) mass is 198 g/mol. The van der Waals surface area contributed by atoms with Gasteiger partial charge in [-0.25, -0.2) is 0 Å². The van der Waals surface area contributed by atoms with E-state index in [-0.39, 0.29) is 0 Å². The van der Waals surface area contributed by atoms with Gasteiger partial charge >= 0.3 is 0 Å². The number of morpholine rings is 1. The fourth-order valence-corrected chi connectivity index (χ4v) is 2.04. The van der Waals surface area contributed by atoms with Crippen molar-refractivity contribution in [3.63, 3.8) is 0 Å². The molecule has 2 unspecified atom stereocenters. The lowest BCUT2D eigenvalue weighted by Gasteiger charge is -2.23. The maximum atomic E-state index is 5.63. The average molecular weight is 198 g/mol. The van der Waals surface area contributed by atoms with Gasteiger partial charge in [0.05, 0.1) is 12.7 Å². The highest BCUT2D eigenvalue weighted by molar-refractivity contribution is 5.01. The van der Waals surface area contributed by atoms with Gasteiger partial charge in [0.1, 0.15) is 0 Å². The lowest BCUT2D eigenvalue weighted by molar-refractivity contribution is 0.0237. The zero-order valence-electron chi connectivity index (χ0n) is 9.31. The average Bonchev–Trinajstić information content (AvgIpc) is 2.76. The maximum absolute atomic E-state index is 5.63. The first kappa shape index (κ1) is 10.4. The normalized spacial score (nSPS) is 35.6. The molecule has 0 aromatic carbocycles. The second-order valence-corrected chi connectivity index (χ2v) is 5.19. The van der Waals surface area contributed by atoms with Crippen molar-refractivity contribution in [1.82, 2.24) is 10.6 Å². The van der Waals surface area contributed by atoms with Crippen molar-refractivity contribution >= 4 is 0 Å². The highest BCUT2D eigenvalue weighted by Crippen LogP contribution is 2.44. The van der Waals surface area contributed by atoms with Gasteiger partial charge in [-0.3, -0.25) is 0 Å². The molecule has 0 aromatic heterocycles. The summed E-state index contributed by atoms with van der Waals surface area (Å²) in [5, 5.41) is 6.94. The molecular formula is C11H22N2O. The van der Waals surface area contributed by atoms with Crippen LogP contribution in [-0.4, -0.2) is 38.4 Å². The number of rotatable bonds is 4. The Morgan fingerprint density at radius 2 is 2.29 bits per heavy atom. The van der Waals surface area contributed by atoms with Crippen LogP contribution in [0, 0.1) is 5.41 Å². The van der Waals surface area contributed by atoms with Crippen LogP contribution in [-0.2, 0) is 4.74 Å². The van der Waals surface area contributed by atoms with Gasteiger partial charge in [0, 0.05) is 19.1 Å². The Kier molecular flexibility index (Phi) is 3.10. The molecule has 0 bridgehead atoms. The van der Waals surface area contributed by atoms with E-state index < -0.39 is 0 Å². The number of ether oxygens (including phenoxy) is 1. The molecule has 0 aromatic rings. The van der Waals surface area contributed by atoms with Gasteiger partial charge in [0.2, 0.25) is 0 Å². The molecule has 2 N–H and O–H groups in total. The van der Waals surface area contributed by atoms with Gasteiger partial charge in [-0.05, 0) is 24.8 Å². The highest BCUT2D eigenvalue weighted by atomic mass is 16.5. The van der Waals surface area contributed by atoms with Crippen LogP contribution in [0.25, 0.3) is 0 Å². The van der Waals surface area contributed by atoms with Crippen LogP contribution in [0.2, 0.25) is 0 Å². The first-order chi connectivity index (χ1) is 6.68. The van der Waals surface area contributed by atoms with Gasteiger partial charge in [-0.2, -0.15) is 0 Å². The fourth-order valence-electron chi connectivity index (χ4n) is 2.04. The third kappa shape index (κ3) is 2.69. The fraction of sp³-hybridized carbons (Fsp3) is 1.00. The first-order valence-electron chi connectivity index (χ1n) is 5.74. The van der Waals surface area contributed by atoms with Crippen molar-refractivity contribution in [2.24, 2.45) is 5.41 Å². The van der Waals surface area contributed by atoms with E-state index in [0.717, 1.165) is 38.7 Å². The Bertz CT molecular complexity index is 188. The summed E-state index contributed by atoms with van der Waals surface area (Å²) in [5.74, 6) is 0. The van der Waals surface area contributed by atoms with E-state index in [2.05, 4.69) is 24.5 Å². The molecule has 3 nitrogen and oxygen atoms in total. The standard InChI is InChI=1S/C11H22N2O/c1-11(2)7-10(11)13-4-3-9-8-12-5-6-14-9/h9-10,12-13H,3-8H2,1-2H3. The molecular weight excluding hydrogens is 176 g/mol. The Labute approximate surface area is 86.6 Å². The molecule has 3 heteroatoms. The van der Waals surface area contributed by atoms with Crippen LogP contribution in [0.3, 0.4) is 0 Å². The summed E-state index contributed by atoms with van der Waals surface area (Å²) in [5.41, 5.74) is 0.547. The number of nitrogens with one attached hydrogen (secondary N) is 2. The van der Waals surface area contributed by atoms with Crippen molar-refractivity contribution in [2.45, 2.75) is 38.8 Å². The molecule has 0 radical (unpaired) electrons. The van der Waals surface area contributed by atoms with Gasteiger partial charge in [-0.15, -0.1) is 0 Å². The van der Waals surface area contributed by atoms with E-state index in [1.807, 2.05) is 0 Å². The predicted molar refractivity (Wildman–Crippen MR) is 57.4 cm³/mol. The third-order valence-corrected chi connectivity index (χ3v) is 3.37. The Balaban J connectivity index is 1.54. The van der Waals surface area contributed by atoms with Gasteiger partial charge in [-0.1, -0.05) is 13.8 Å². The topological polar surface area (TPSA) is 33.3 Å². The summed E-state index contributed by atoms with van der Waals surface area (Å²) < 4.78 is 5.63. The third-order valence-electron chi connectivity index (χ3n) is 3.37. The van der Waals surface area contributed by atoms with E-state index in [0.29, 0.717) is 11.5 Å². The lowest BCUT2D eigenvalue weighted by atomic mass is 10.2. The van der Waals surface area contributed by atoms with Crippen LogP contribution in [0.15, 0.2) is 0 Å². The maximum Gasteiger partial charge on any atom is 0.0712 e. The minimum atomic E-state index is 0.429. The molecule has 14 heavy (non-hydrogen) atoms. The summed E-state index contributed by atoms with van der Waals surface area (Å²) in [7, 11) is 0. The largest absolute Gasteiger partial charge is 0.376 e.